The van der Waals surface area contributed by atoms with Crippen molar-refractivity contribution in [1.82, 2.24) is 0 Å². The molecule has 4 aromatic carbocycles. The van der Waals surface area contributed by atoms with E-state index in [0.29, 0.717) is 5.75 Å². The Morgan fingerprint density at radius 2 is 1.11 bits per heavy atom. The molecule has 0 aliphatic heterocycles. The third-order valence-electron chi connectivity index (χ3n) is 5.35. The summed E-state index contributed by atoms with van der Waals surface area (Å²) in [6.07, 6.45) is -1.09. The minimum Gasteiger partial charge on any atom is -0.508 e. The number of aromatic hydroxyl groups is 1. The van der Waals surface area contributed by atoms with Crippen molar-refractivity contribution >= 4 is 19.7 Å². The molecule has 0 fully saturated rings. The summed E-state index contributed by atoms with van der Waals surface area (Å²) in [5.74, 6) is 0.400. The summed E-state index contributed by atoms with van der Waals surface area (Å²) in [6.45, 7) is -0.397. The molecule has 8 nitrogen and oxygen atoms in total. The van der Waals surface area contributed by atoms with Crippen LogP contribution < -0.4 is 9.47 Å². The molecule has 0 aliphatic rings. The quantitative estimate of drug-likeness (QED) is 0.310. The highest BCUT2D eigenvalue weighted by Gasteiger charge is 2.22. The van der Waals surface area contributed by atoms with Gasteiger partial charge in [0.25, 0.3) is 0 Å². The number of rotatable bonds is 10. The standard InChI is InChI=1S/C27H24O8S2/c28-20-10-14-24(15-11-20)36(30,31)25-16-12-22(13-17-25)34-18-21(29)19-35-26-8-4-5-9-27(26)37(32,33)23-6-2-1-3-7-23/h1-17,21,28-29H,18-19H2. The van der Waals surface area contributed by atoms with Gasteiger partial charge in [-0.2, -0.15) is 0 Å². The number of ether oxygens (including phenoxy) is 2. The summed E-state index contributed by atoms with van der Waals surface area (Å²) < 4.78 is 62.5. The fourth-order valence-corrected chi connectivity index (χ4v) is 6.10. The van der Waals surface area contributed by atoms with Crippen LogP contribution in [0.4, 0.5) is 0 Å². The molecule has 2 N–H and O–H groups in total. The number of benzene rings is 4. The van der Waals surface area contributed by atoms with E-state index in [-0.39, 0.29) is 44.3 Å². The Morgan fingerprint density at radius 3 is 1.76 bits per heavy atom. The number of phenolic OH excluding ortho intramolecular Hbond substituents is 1. The molecule has 0 aromatic heterocycles. The molecule has 1 atom stereocenters. The number of sulfone groups is 2. The van der Waals surface area contributed by atoms with Gasteiger partial charge in [-0.25, -0.2) is 16.8 Å². The molecular weight excluding hydrogens is 516 g/mol. The molecule has 0 saturated carbocycles. The second-order valence-corrected chi connectivity index (χ2v) is 11.9. The average Bonchev–Trinajstić information content (AvgIpc) is 2.92. The Hall–Kier alpha value is -3.86. The van der Waals surface area contributed by atoms with Crippen LogP contribution in [0.3, 0.4) is 0 Å². The molecule has 192 valence electrons. The zero-order valence-electron chi connectivity index (χ0n) is 19.5. The summed E-state index contributed by atoms with van der Waals surface area (Å²) in [6, 6.07) is 25.1. The Labute approximate surface area is 215 Å². The average molecular weight is 541 g/mol. The van der Waals surface area contributed by atoms with Gasteiger partial charge in [-0.15, -0.1) is 0 Å². The first-order chi connectivity index (χ1) is 17.7. The summed E-state index contributed by atoms with van der Waals surface area (Å²) in [5, 5.41) is 19.7. The third-order valence-corrected chi connectivity index (χ3v) is 8.94. The number of hydrogen-bond donors (Lipinski definition) is 2. The van der Waals surface area contributed by atoms with Gasteiger partial charge in [-0.1, -0.05) is 30.3 Å². The van der Waals surface area contributed by atoms with Crippen LogP contribution >= 0.6 is 0 Å². The highest BCUT2D eigenvalue weighted by atomic mass is 32.2. The SMILES string of the molecule is O=S(=O)(c1ccc(O)cc1)c1ccc(OCC(O)COc2ccccc2S(=O)(=O)c2ccccc2)cc1. The molecule has 0 spiro atoms. The zero-order valence-corrected chi connectivity index (χ0v) is 21.1. The maximum atomic E-state index is 13.0. The molecule has 0 bridgehead atoms. The maximum Gasteiger partial charge on any atom is 0.210 e. The highest BCUT2D eigenvalue weighted by Crippen LogP contribution is 2.29. The molecule has 0 heterocycles. The van der Waals surface area contributed by atoms with Gasteiger partial charge in [-0.3, -0.25) is 0 Å². The lowest BCUT2D eigenvalue weighted by Crippen LogP contribution is -2.25. The summed E-state index contributed by atoms with van der Waals surface area (Å²) in [7, 11) is -7.58. The lowest BCUT2D eigenvalue weighted by atomic mass is 10.3. The third kappa shape index (κ3) is 6.11. The van der Waals surface area contributed by atoms with E-state index in [1.54, 1.807) is 30.3 Å². The predicted molar refractivity (Wildman–Crippen MR) is 135 cm³/mol. The minimum atomic E-state index is -3.81. The molecule has 37 heavy (non-hydrogen) atoms. The molecule has 4 rings (SSSR count). The second kappa shape index (κ2) is 11.0. The van der Waals surface area contributed by atoms with Crippen molar-refractivity contribution in [2.45, 2.75) is 25.7 Å². The van der Waals surface area contributed by atoms with E-state index in [1.807, 2.05) is 0 Å². The molecule has 1 unspecified atom stereocenters. The summed E-state index contributed by atoms with van der Waals surface area (Å²) >= 11 is 0. The first kappa shape index (κ1) is 26.2. The Balaban J connectivity index is 1.37. The van der Waals surface area contributed by atoms with Gasteiger partial charge in [0.2, 0.25) is 19.7 Å². The smallest absolute Gasteiger partial charge is 0.210 e. The first-order valence-corrected chi connectivity index (χ1v) is 14.1. The fourth-order valence-electron chi connectivity index (χ4n) is 3.42. The zero-order chi connectivity index (χ0) is 26.5. The van der Waals surface area contributed by atoms with Gasteiger partial charge >= 0.3 is 0 Å². The van der Waals surface area contributed by atoms with Crippen LogP contribution in [0.25, 0.3) is 0 Å². The van der Waals surface area contributed by atoms with Crippen molar-refractivity contribution in [1.29, 1.82) is 0 Å². The minimum absolute atomic E-state index is 0.0141. The molecule has 4 aromatic rings. The molecule has 0 aliphatic carbocycles. The molecule has 0 saturated heterocycles. The van der Waals surface area contributed by atoms with E-state index >= 15 is 0 Å². The fraction of sp³-hybridized carbons (Fsp3) is 0.111. The number of phenols is 1. The van der Waals surface area contributed by atoms with Gasteiger partial charge in [-0.05, 0) is 72.8 Å². The van der Waals surface area contributed by atoms with Gasteiger partial charge in [0.1, 0.15) is 41.5 Å². The molecule has 10 heteroatoms. The van der Waals surface area contributed by atoms with Gasteiger partial charge in [0.15, 0.2) is 0 Å². The predicted octanol–water partition coefficient (Wildman–Crippen LogP) is 3.88. The topological polar surface area (TPSA) is 127 Å². The lowest BCUT2D eigenvalue weighted by molar-refractivity contribution is 0.0616. The van der Waals surface area contributed by atoms with E-state index in [0.717, 1.165) is 0 Å². The van der Waals surface area contributed by atoms with Crippen molar-refractivity contribution in [3.63, 3.8) is 0 Å². The van der Waals surface area contributed by atoms with E-state index < -0.39 is 25.8 Å². The van der Waals surface area contributed by atoms with Crippen LogP contribution in [0.2, 0.25) is 0 Å². The van der Waals surface area contributed by atoms with Crippen molar-refractivity contribution in [2.24, 2.45) is 0 Å². The van der Waals surface area contributed by atoms with Crippen molar-refractivity contribution in [3.8, 4) is 17.2 Å². The number of para-hydroxylation sites is 1. The van der Waals surface area contributed by atoms with E-state index in [2.05, 4.69) is 0 Å². The van der Waals surface area contributed by atoms with Crippen molar-refractivity contribution in [2.75, 3.05) is 13.2 Å². The number of aliphatic hydroxyl groups is 1. The Morgan fingerprint density at radius 1 is 0.595 bits per heavy atom. The molecule has 0 amide bonds. The van der Waals surface area contributed by atoms with Gasteiger partial charge in [0.05, 0.1) is 14.7 Å². The van der Waals surface area contributed by atoms with E-state index in [9.17, 15) is 27.0 Å². The first-order valence-electron chi connectivity index (χ1n) is 11.1. The van der Waals surface area contributed by atoms with E-state index in [4.69, 9.17) is 9.47 Å². The Bertz CT molecular complexity index is 1550. The van der Waals surface area contributed by atoms with Crippen LogP contribution in [0, 0.1) is 0 Å². The van der Waals surface area contributed by atoms with Crippen LogP contribution in [0.1, 0.15) is 0 Å². The monoisotopic (exact) mass is 540 g/mol. The van der Waals surface area contributed by atoms with Crippen LogP contribution in [0.5, 0.6) is 17.2 Å². The van der Waals surface area contributed by atoms with Gasteiger partial charge < -0.3 is 19.7 Å². The number of hydrogen-bond acceptors (Lipinski definition) is 8. The van der Waals surface area contributed by atoms with Crippen molar-refractivity contribution in [3.05, 3.63) is 103 Å². The number of aliphatic hydroxyl groups excluding tert-OH is 1. The Kier molecular flexibility index (Phi) is 7.82. The van der Waals surface area contributed by atoms with Gasteiger partial charge in [0, 0.05) is 0 Å². The summed E-state index contributed by atoms with van der Waals surface area (Å²) in [5.41, 5.74) is 0. The second-order valence-electron chi connectivity index (χ2n) is 8.01. The molecular formula is C27H24O8S2. The molecule has 0 radical (unpaired) electrons. The van der Waals surface area contributed by atoms with Crippen LogP contribution in [0.15, 0.2) is 123 Å². The summed E-state index contributed by atoms with van der Waals surface area (Å²) in [4.78, 5) is 0.206. The van der Waals surface area contributed by atoms with Crippen LogP contribution in [-0.4, -0.2) is 46.4 Å². The normalized spacial score (nSPS) is 12.6. The van der Waals surface area contributed by atoms with Crippen LogP contribution in [-0.2, 0) is 19.7 Å². The maximum absolute atomic E-state index is 13.0. The lowest BCUT2D eigenvalue weighted by Gasteiger charge is -2.16. The van der Waals surface area contributed by atoms with Crippen molar-refractivity contribution < 1.29 is 36.5 Å². The highest BCUT2D eigenvalue weighted by molar-refractivity contribution is 7.91. The van der Waals surface area contributed by atoms with E-state index in [1.165, 1.54) is 72.8 Å². The largest absolute Gasteiger partial charge is 0.508 e.